The molecule has 1 aliphatic carbocycles. The predicted molar refractivity (Wildman–Crippen MR) is 60.1 cm³/mol. The first kappa shape index (κ1) is 10.4. The summed E-state index contributed by atoms with van der Waals surface area (Å²) in [6, 6.07) is 0. The lowest BCUT2D eigenvalue weighted by molar-refractivity contribution is 0.313. The second-order valence-electron chi connectivity index (χ2n) is 5.74. The molecule has 15 heavy (non-hydrogen) atoms. The number of hydrogen-bond acceptors (Lipinski definition) is 2. The molecule has 1 N–H and O–H groups in total. The topological polar surface area (TPSA) is 45.8 Å². The Balaban J connectivity index is 2.70. The Bertz CT molecular complexity index is 443. The minimum absolute atomic E-state index is 0.0400. The summed E-state index contributed by atoms with van der Waals surface area (Å²) in [6.45, 7) is 8.70. The number of nitrogens with one attached hydrogen (secondary N) is 1. The van der Waals surface area contributed by atoms with Gasteiger partial charge in [-0.25, -0.2) is 0 Å². The highest BCUT2D eigenvalue weighted by Crippen LogP contribution is 2.42. The Kier molecular flexibility index (Phi) is 2.04. The van der Waals surface area contributed by atoms with Crippen molar-refractivity contribution in [1.29, 1.82) is 0 Å². The lowest BCUT2D eigenvalue weighted by Gasteiger charge is -2.39. The summed E-state index contributed by atoms with van der Waals surface area (Å²) in [4.78, 5) is 18.6. The van der Waals surface area contributed by atoms with Crippen LogP contribution in [-0.4, -0.2) is 9.97 Å². The van der Waals surface area contributed by atoms with Gasteiger partial charge in [0.25, 0.3) is 5.56 Å². The molecule has 0 bridgehead atoms. The van der Waals surface area contributed by atoms with Crippen LogP contribution in [0.25, 0.3) is 0 Å². The van der Waals surface area contributed by atoms with E-state index in [-0.39, 0.29) is 16.4 Å². The van der Waals surface area contributed by atoms with E-state index in [1.165, 1.54) is 6.20 Å². The molecule has 3 heteroatoms. The molecule has 0 atom stereocenters. The van der Waals surface area contributed by atoms with Crippen molar-refractivity contribution < 1.29 is 0 Å². The Morgan fingerprint density at radius 3 is 2.47 bits per heavy atom. The van der Waals surface area contributed by atoms with Gasteiger partial charge in [0, 0.05) is 16.5 Å². The number of hydrogen-bond donors (Lipinski definition) is 1. The van der Waals surface area contributed by atoms with Crippen molar-refractivity contribution in [1.82, 2.24) is 9.97 Å². The number of fused-ring (bicyclic) bond motifs is 1. The molecule has 1 heterocycles. The quantitative estimate of drug-likeness (QED) is 0.706. The van der Waals surface area contributed by atoms with Crippen molar-refractivity contribution >= 4 is 0 Å². The van der Waals surface area contributed by atoms with E-state index in [0.717, 1.165) is 24.2 Å². The number of H-pyrrole nitrogens is 1. The summed E-state index contributed by atoms with van der Waals surface area (Å²) in [5.74, 6) is 0. The van der Waals surface area contributed by atoms with Crippen molar-refractivity contribution in [3.05, 3.63) is 27.9 Å². The largest absolute Gasteiger partial charge is 0.323 e. The summed E-state index contributed by atoms with van der Waals surface area (Å²) < 4.78 is 0. The molecular formula is C12H18N2O. The van der Waals surface area contributed by atoms with Crippen LogP contribution in [0.1, 0.15) is 51.9 Å². The molecule has 0 amide bonds. The zero-order valence-electron chi connectivity index (χ0n) is 9.85. The van der Waals surface area contributed by atoms with E-state index in [2.05, 4.69) is 37.7 Å². The first-order valence-electron chi connectivity index (χ1n) is 5.43. The van der Waals surface area contributed by atoms with E-state index in [4.69, 9.17) is 0 Å². The van der Waals surface area contributed by atoms with Crippen molar-refractivity contribution in [2.75, 3.05) is 0 Å². The third-order valence-electron chi connectivity index (χ3n) is 3.49. The highest BCUT2D eigenvalue weighted by molar-refractivity contribution is 5.30. The van der Waals surface area contributed by atoms with Gasteiger partial charge in [0.05, 0.1) is 11.9 Å². The molecule has 0 unspecified atom stereocenters. The fourth-order valence-electron chi connectivity index (χ4n) is 2.27. The second-order valence-corrected chi connectivity index (χ2v) is 5.74. The first-order valence-corrected chi connectivity index (χ1v) is 5.43. The first-order chi connectivity index (χ1) is 6.83. The zero-order valence-corrected chi connectivity index (χ0v) is 9.85. The maximum Gasteiger partial charge on any atom is 0.266 e. The zero-order chi connectivity index (χ0) is 11.3. The van der Waals surface area contributed by atoms with Crippen LogP contribution in [0.3, 0.4) is 0 Å². The molecule has 0 saturated carbocycles. The van der Waals surface area contributed by atoms with Gasteiger partial charge < -0.3 is 4.98 Å². The summed E-state index contributed by atoms with van der Waals surface area (Å²) in [5.41, 5.74) is 2.09. The van der Waals surface area contributed by atoms with E-state index >= 15 is 0 Å². The van der Waals surface area contributed by atoms with Gasteiger partial charge in [-0.2, -0.15) is 0 Å². The average Bonchev–Trinajstić information content (AvgIpc) is 2.13. The molecule has 1 aliphatic rings. The maximum absolute atomic E-state index is 11.3. The van der Waals surface area contributed by atoms with E-state index < -0.39 is 0 Å². The van der Waals surface area contributed by atoms with Gasteiger partial charge >= 0.3 is 0 Å². The van der Waals surface area contributed by atoms with Crippen molar-refractivity contribution in [3.63, 3.8) is 0 Å². The number of aromatic amines is 1. The molecule has 0 aromatic carbocycles. The lowest BCUT2D eigenvalue weighted by Crippen LogP contribution is -2.37. The second kappa shape index (κ2) is 2.94. The van der Waals surface area contributed by atoms with Gasteiger partial charge in [0.15, 0.2) is 0 Å². The third-order valence-corrected chi connectivity index (χ3v) is 3.49. The molecule has 1 aromatic rings. The Morgan fingerprint density at radius 1 is 1.20 bits per heavy atom. The van der Waals surface area contributed by atoms with Crippen LogP contribution in [0.15, 0.2) is 11.0 Å². The van der Waals surface area contributed by atoms with E-state index in [9.17, 15) is 4.79 Å². The standard InChI is InChI=1S/C12H18N2O/c1-11(2)5-6-12(3,4)10-9(11)13-7-8(15)14-10/h7H,5-6H2,1-4H3,(H,14,15). The van der Waals surface area contributed by atoms with Crippen LogP contribution < -0.4 is 5.56 Å². The summed E-state index contributed by atoms with van der Waals surface area (Å²) in [6.07, 6.45) is 3.60. The lowest BCUT2D eigenvalue weighted by atomic mass is 9.67. The number of rotatable bonds is 0. The van der Waals surface area contributed by atoms with Gasteiger partial charge in [-0.05, 0) is 12.8 Å². The number of aromatic nitrogens is 2. The van der Waals surface area contributed by atoms with Crippen molar-refractivity contribution in [2.24, 2.45) is 0 Å². The van der Waals surface area contributed by atoms with Gasteiger partial charge in [-0.15, -0.1) is 0 Å². The van der Waals surface area contributed by atoms with Crippen LogP contribution in [0, 0.1) is 0 Å². The normalized spacial score (nSPS) is 22.1. The highest BCUT2D eigenvalue weighted by atomic mass is 16.1. The number of nitrogens with zero attached hydrogens (tertiary/aromatic N) is 1. The molecule has 0 spiro atoms. The SMILES string of the molecule is CC1(C)CCC(C)(C)c2[nH]c(=O)cnc21. The van der Waals surface area contributed by atoms with Gasteiger partial charge in [-0.3, -0.25) is 9.78 Å². The molecule has 0 aliphatic heterocycles. The van der Waals surface area contributed by atoms with Crippen LogP contribution in [-0.2, 0) is 10.8 Å². The molecule has 2 rings (SSSR count). The van der Waals surface area contributed by atoms with Crippen LogP contribution in [0.4, 0.5) is 0 Å². The Hall–Kier alpha value is -1.12. The van der Waals surface area contributed by atoms with Crippen molar-refractivity contribution in [2.45, 2.75) is 51.4 Å². The fourth-order valence-corrected chi connectivity index (χ4v) is 2.27. The molecule has 82 valence electrons. The van der Waals surface area contributed by atoms with E-state index in [1.807, 2.05) is 0 Å². The van der Waals surface area contributed by atoms with Gasteiger partial charge in [0.2, 0.25) is 0 Å². The highest BCUT2D eigenvalue weighted by Gasteiger charge is 2.38. The molecule has 0 fully saturated rings. The maximum atomic E-state index is 11.3. The van der Waals surface area contributed by atoms with Crippen LogP contribution in [0.5, 0.6) is 0 Å². The summed E-state index contributed by atoms with van der Waals surface area (Å²) in [7, 11) is 0. The van der Waals surface area contributed by atoms with E-state index in [1.54, 1.807) is 0 Å². The summed E-state index contributed by atoms with van der Waals surface area (Å²) in [5, 5.41) is 0. The molecule has 3 nitrogen and oxygen atoms in total. The van der Waals surface area contributed by atoms with Gasteiger partial charge in [0.1, 0.15) is 0 Å². The monoisotopic (exact) mass is 206 g/mol. The predicted octanol–water partition coefficient (Wildman–Crippen LogP) is 2.12. The molecule has 0 radical (unpaired) electrons. The Morgan fingerprint density at radius 2 is 1.80 bits per heavy atom. The minimum atomic E-state index is -0.0977. The molecule has 1 aromatic heterocycles. The smallest absolute Gasteiger partial charge is 0.266 e. The Labute approximate surface area is 89.9 Å². The third kappa shape index (κ3) is 1.60. The van der Waals surface area contributed by atoms with Gasteiger partial charge in [-0.1, -0.05) is 27.7 Å². The fraction of sp³-hybridized carbons (Fsp3) is 0.667. The van der Waals surface area contributed by atoms with Crippen LogP contribution in [0.2, 0.25) is 0 Å². The van der Waals surface area contributed by atoms with E-state index in [0.29, 0.717) is 0 Å². The molecule has 0 saturated heterocycles. The van der Waals surface area contributed by atoms with Crippen molar-refractivity contribution in [3.8, 4) is 0 Å². The summed E-state index contributed by atoms with van der Waals surface area (Å²) >= 11 is 0. The van der Waals surface area contributed by atoms with Crippen LogP contribution >= 0.6 is 0 Å². The minimum Gasteiger partial charge on any atom is -0.323 e. The average molecular weight is 206 g/mol. The molecular weight excluding hydrogens is 188 g/mol.